The zero-order valence-corrected chi connectivity index (χ0v) is 21.6. The predicted octanol–water partition coefficient (Wildman–Crippen LogP) is 5.39. The van der Waals surface area contributed by atoms with Crippen molar-refractivity contribution in [1.82, 2.24) is 4.31 Å². The molecule has 2 amide bonds. The summed E-state index contributed by atoms with van der Waals surface area (Å²) < 4.78 is 45.8. The molecule has 2 N–H and O–H groups in total. The van der Waals surface area contributed by atoms with Gasteiger partial charge in [0.2, 0.25) is 0 Å². The maximum Gasteiger partial charge on any atom is 0.267 e. The number of carbonyl (C=O) groups excluding carboxylic acids is 2. The summed E-state index contributed by atoms with van der Waals surface area (Å²) in [6, 6.07) is 25.3. The molecule has 4 aromatic carbocycles. The topological polar surface area (TPSA) is 111 Å². The van der Waals surface area contributed by atoms with Crippen molar-refractivity contribution in [1.29, 1.82) is 0 Å². The lowest BCUT2D eigenvalue weighted by Crippen LogP contribution is -2.33. The SMILES string of the molecule is CN(C(=O)c1cccc(-c2ccc3oc(Cc4ccc(F)cc4)c(C(N)=O)c3c2)c1)S(=O)(=O)c1ccccc1. The average molecular weight is 543 g/mol. The Balaban J connectivity index is 1.49. The number of hydrogen-bond donors (Lipinski definition) is 1. The van der Waals surface area contributed by atoms with E-state index >= 15 is 0 Å². The Hall–Kier alpha value is -4.76. The summed E-state index contributed by atoms with van der Waals surface area (Å²) in [5.74, 6) is -1.37. The first kappa shape index (κ1) is 25.9. The standard InChI is InChI=1S/C30H23FN2O5S/c1-33(39(36,37)24-8-3-2-4-9-24)30(35)22-7-5-6-20(17-22)21-12-15-26-25(18-21)28(29(32)34)27(38-26)16-19-10-13-23(31)14-11-19/h2-15,17-18H,16H2,1H3,(H2,32,34). The fraction of sp³-hybridized carbons (Fsp3) is 0.0667. The van der Waals surface area contributed by atoms with Crippen LogP contribution in [0.15, 0.2) is 106 Å². The van der Waals surface area contributed by atoms with E-state index in [2.05, 4.69) is 0 Å². The second-order valence-corrected chi connectivity index (χ2v) is 10.9. The molecule has 5 rings (SSSR count). The Labute approximate surface area is 224 Å². The maximum atomic E-state index is 13.3. The number of hydrogen-bond acceptors (Lipinski definition) is 5. The van der Waals surface area contributed by atoms with Gasteiger partial charge < -0.3 is 10.2 Å². The molecule has 0 aliphatic rings. The fourth-order valence-electron chi connectivity index (χ4n) is 4.38. The van der Waals surface area contributed by atoms with Crippen LogP contribution in [-0.2, 0) is 16.4 Å². The van der Waals surface area contributed by atoms with E-state index in [1.54, 1.807) is 66.7 Å². The smallest absolute Gasteiger partial charge is 0.267 e. The third kappa shape index (κ3) is 5.04. The monoisotopic (exact) mass is 542 g/mol. The molecule has 1 heterocycles. The van der Waals surface area contributed by atoms with Crippen molar-refractivity contribution in [3.63, 3.8) is 0 Å². The van der Waals surface area contributed by atoms with Gasteiger partial charge in [0.1, 0.15) is 17.2 Å². The molecular formula is C30H23FN2O5S. The second-order valence-electron chi connectivity index (χ2n) is 8.95. The van der Waals surface area contributed by atoms with E-state index in [-0.39, 0.29) is 28.3 Å². The van der Waals surface area contributed by atoms with Gasteiger partial charge in [0.15, 0.2) is 0 Å². The first-order chi connectivity index (χ1) is 18.6. The quantitative estimate of drug-likeness (QED) is 0.297. The molecule has 0 aliphatic heterocycles. The van der Waals surface area contributed by atoms with Crippen molar-refractivity contribution >= 4 is 32.8 Å². The molecule has 1 aromatic heterocycles. The highest BCUT2D eigenvalue weighted by Gasteiger charge is 2.26. The van der Waals surface area contributed by atoms with Gasteiger partial charge in [-0.2, -0.15) is 0 Å². The van der Waals surface area contributed by atoms with E-state index in [4.69, 9.17) is 10.2 Å². The van der Waals surface area contributed by atoms with Crippen LogP contribution in [-0.4, -0.2) is 31.6 Å². The molecule has 196 valence electrons. The number of amides is 2. The molecule has 0 aliphatic carbocycles. The molecular weight excluding hydrogens is 519 g/mol. The minimum atomic E-state index is -4.03. The molecule has 0 bridgehead atoms. The minimum Gasteiger partial charge on any atom is -0.460 e. The Morgan fingerprint density at radius 1 is 0.872 bits per heavy atom. The van der Waals surface area contributed by atoms with Crippen molar-refractivity contribution in [3.05, 3.63) is 125 Å². The minimum absolute atomic E-state index is 0.0119. The lowest BCUT2D eigenvalue weighted by Gasteiger charge is -2.18. The number of carbonyl (C=O) groups is 2. The molecule has 39 heavy (non-hydrogen) atoms. The van der Waals surface area contributed by atoms with Gasteiger partial charge >= 0.3 is 0 Å². The summed E-state index contributed by atoms with van der Waals surface area (Å²) in [5.41, 5.74) is 8.60. The number of primary amides is 1. The summed E-state index contributed by atoms with van der Waals surface area (Å²) in [5, 5.41) is 0.498. The number of halogens is 1. The van der Waals surface area contributed by atoms with E-state index < -0.39 is 21.8 Å². The van der Waals surface area contributed by atoms with Crippen molar-refractivity contribution < 1.29 is 26.8 Å². The van der Waals surface area contributed by atoms with Crippen LogP contribution in [0.3, 0.4) is 0 Å². The van der Waals surface area contributed by atoms with E-state index in [9.17, 15) is 22.4 Å². The first-order valence-corrected chi connectivity index (χ1v) is 13.4. The molecule has 0 radical (unpaired) electrons. The summed E-state index contributed by atoms with van der Waals surface area (Å²) in [6.07, 6.45) is 0.245. The van der Waals surface area contributed by atoms with Crippen LogP contribution in [0.1, 0.15) is 32.0 Å². The highest BCUT2D eigenvalue weighted by Crippen LogP contribution is 2.32. The number of furan rings is 1. The molecule has 0 fully saturated rings. The zero-order valence-electron chi connectivity index (χ0n) is 20.8. The van der Waals surface area contributed by atoms with Crippen molar-refractivity contribution in [2.45, 2.75) is 11.3 Å². The van der Waals surface area contributed by atoms with Crippen LogP contribution in [0, 0.1) is 5.82 Å². The molecule has 9 heteroatoms. The van der Waals surface area contributed by atoms with Gasteiger partial charge in [-0.15, -0.1) is 0 Å². The normalized spacial score (nSPS) is 11.4. The van der Waals surface area contributed by atoms with Crippen molar-refractivity contribution in [2.75, 3.05) is 7.05 Å². The van der Waals surface area contributed by atoms with Crippen molar-refractivity contribution in [2.24, 2.45) is 5.73 Å². The van der Waals surface area contributed by atoms with Gasteiger partial charge in [-0.3, -0.25) is 9.59 Å². The summed E-state index contributed by atoms with van der Waals surface area (Å²) >= 11 is 0. The molecule has 0 unspecified atom stereocenters. The number of benzene rings is 4. The molecule has 0 saturated heterocycles. The highest BCUT2D eigenvalue weighted by atomic mass is 32.2. The Bertz CT molecular complexity index is 1810. The van der Waals surface area contributed by atoms with Crippen molar-refractivity contribution in [3.8, 4) is 11.1 Å². The van der Waals surface area contributed by atoms with Crippen LogP contribution in [0.4, 0.5) is 4.39 Å². The fourth-order valence-corrected chi connectivity index (χ4v) is 5.52. The van der Waals surface area contributed by atoms with Crippen LogP contribution in [0.25, 0.3) is 22.1 Å². The van der Waals surface area contributed by atoms with Gasteiger partial charge in [-0.1, -0.05) is 48.5 Å². The van der Waals surface area contributed by atoms with Crippen LogP contribution < -0.4 is 5.73 Å². The number of sulfonamides is 1. The summed E-state index contributed by atoms with van der Waals surface area (Å²) in [6.45, 7) is 0. The highest BCUT2D eigenvalue weighted by molar-refractivity contribution is 7.89. The molecule has 0 spiro atoms. The van der Waals surface area contributed by atoms with Crippen LogP contribution in [0.2, 0.25) is 0 Å². The third-order valence-electron chi connectivity index (χ3n) is 6.42. The second kappa shape index (κ2) is 10.2. The summed E-state index contributed by atoms with van der Waals surface area (Å²) in [4.78, 5) is 25.6. The molecule has 0 atom stereocenters. The predicted molar refractivity (Wildman–Crippen MR) is 145 cm³/mol. The lowest BCUT2D eigenvalue weighted by atomic mass is 9.99. The molecule has 0 saturated carbocycles. The van der Waals surface area contributed by atoms with Crippen LogP contribution >= 0.6 is 0 Å². The van der Waals surface area contributed by atoms with E-state index in [0.29, 0.717) is 32.2 Å². The molecule has 7 nitrogen and oxygen atoms in total. The van der Waals surface area contributed by atoms with Gasteiger partial charge in [0.05, 0.1) is 10.5 Å². The Morgan fingerprint density at radius 2 is 1.56 bits per heavy atom. The number of rotatable bonds is 7. The first-order valence-electron chi connectivity index (χ1n) is 11.9. The average Bonchev–Trinajstić information content (AvgIpc) is 3.31. The van der Waals surface area contributed by atoms with Gasteiger partial charge in [-0.05, 0) is 65.2 Å². The van der Waals surface area contributed by atoms with E-state index in [1.165, 1.54) is 37.4 Å². The Morgan fingerprint density at radius 3 is 2.26 bits per heavy atom. The van der Waals surface area contributed by atoms with Gasteiger partial charge in [0, 0.05) is 24.4 Å². The number of nitrogens with two attached hydrogens (primary N) is 1. The Kier molecular flexibility index (Phi) is 6.76. The van der Waals surface area contributed by atoms with Gasteiger partial charge in [0.25, 0.3) is 21.8 Å². The van der Waals surface area contributed by atoms with E-state index in [0.717, 1.165) is 5.56 Å². The van der Waals surface area contributed by atoms with E-state index in [1.807, 2.05) is 0 Å². The maximum absolute atomic E-state index is 13.3. The van der Waals surface area contributed by atoms with Crippen LogP contribution in [0.5, 0.6) is 0 Å². The third-order valence-corrected chi connectivity index (χ3v) is 8.17. The largest absolute Gasteiger partial charge is 0.460 e. The number of fused-ring (bicyclic) bond motifs is 1. The summed E-state index contributed by atoms with van der Waals surface area (Å²) in [7, 11) is -2.82. The lowest BCUT2D eigenvalue weighted by molar-refractivity contribution is 0.0882. The molecule has 5 aromatic rings. The zero-order chi connectivity index (χ0) is 27.7. The number of nitrogens with zero attached hydrogens (tertiary/aromatic N) is 1. The van der Waals surface area contributed by atoms with Gasteiger partial charge in [-0.25, -0.2) is 17.1 Å².